The maximum atomic E-state index is 11.0. The number of hydrogen-bond donors (Lipinski definition) is 2. The lowest BCUT2D eigenvalue weighted by Crippen LogP contribution is -2.01. The summed E-state index contributed by atoms with van der Waals surface area (Å²) >= 11 is 1.69. The minimum atomic E-state index is -0.952. The van der Waals surface area contributed by atoms with Crippen molar-refractivity contribution in [3.05, 3.63) is 53.0 Å². The SMILES string of the molecule is Cc1cc(C(=O)O)cc(Nc2ccc3sccc3c2)n1. The fraction of sp³-hybridized carbons (Fsp3) is 0.0667. The number of benzene rings is 1. The van der Waals surface area contributed by atoms with Crippen LogP contribution in [0.15, 0.2) is 41.8 Å². The monoisotopic (exact) mass is 284 g/mol. The van der Waals surface area contributed by atoms with E-state index in [0.717, 1.165) is 11.1 Å². The van der Waals surface area contributed by atoms with Crippen LogP contribution in [0.4, 0.5) is 11.5 Å². The first-order valence-corrected chi connectivity index (χ1v) is 6.96. The summed E-state index contributed by atoms with van der Waals surface area (Å²) in [4.78, 5) is 15.4. The van der Waals surface area contributed by atoms with Gasteiger partial charge in [-0.05, 0) is 54.1 Å². The number of carboxylic acids is 1. The highest BCUT2D eigenvalue weighted by molar-refractivity contribution is 7.17. The molecule has 2 N–H and O–H groups in total. The quantitative estimate of drug-likeness (QED) is 0.761. The second-order valence-electron chi connectivity index (χ2n) is 4.49. The summed E-state index contributed by atoms with van der Waals surface area (Å²) in [5.74, 6) is -0.413. The second kappa shape index (κ2) is 4.94. The van der Waals surface area contributed by atoms with Crippen LogP contribution >= 0.6 is 11.3 Å². The zero-order valence-electron chi connectivity index (χ0n) is 10.8. The molecule has 0 radical (unpaired) electrons. The van der Waals surface area contributed by atoms with Gasteiger partial charge in [-0.25, -0.2) is 9.78 Å². The molecule has 100 valence electrons. The van der Waals surface area contributed by atoms with E-state index in [9.17, 15) is 4.79 Å². The summed E-state index contributed by atoms with van der Waals surface area (Å²) in [5, 5.41) is 15.4. The molecule has 1 aromatic carbocycles. The Kier molecular flexibility index (Phi) is 3.12. The number of pyridine rings is 1. The van der Waals surface area contributed by atoms with Gasteiger partial charge in [-0.3, -0.25) is 0 Å². The third kappa shape index (κ3) is 2.48. The van der Waals surface area contributed by atoms with Crippen molar-refractivity contribution < 1.29 is 9.90 Å². The van der Waals surface area contributed by atoms with Crippen molar-refractivity contribution >= 4 is 38.9 Å². The largest absolute Gasteiger partial charge is 0.478 e. The summed E-state index contributed by atoms with van der Waals surface area (Å²) < 4.78 is 1.22. The number of carboxylic acid groups (broad SMARTS) is 1. The number of rotatable bonds is 3. The number of carbonyl (C=O) groups is 1. The smallest absolute Gasteiger partial charge is 0.335 e. The molecule has 0 saturated carbocycles. The molecule has 3 rings (SSSR count). The Hall–Kier alpha value is -2.40. The van der Waals surface area contributed by atoms with Crippen LogP contribution in [-0.2, 0) is 0 Å². The molecule has 0 spiro atoms. The number of fused-ring (bicyclic) bond motifs is 1. The second-order valence-corrected chi connectivity index (χ2v) is 5.43. The number of hydrogen-bond acceptors (Lipinski definition) is 4. The highest BCUT2D eigenvalue weighted by Crippen LogP contribution is 2.25. The predicted octanol–water partition coefficient (Wildman–Crippen LogP) is 4.05. The lowest BCUT2D eigenvalue weighted by Gasteiger charge is -2.08. The van der Waals surface area contributed by atoms with Gasteiger partial charge in [0, 0.05) is 16.1 Å². The number of aromatic nitrogens is 1. The average molecular weight is 284 g/mol. The van der Waals surface area contributed by atoms with Crippen LogP contribution in [0.1, 0.15) is 16.1 Å². The number of nitrogens with zero attached hydrogens (tertiary/aromatic N) is 1. The maximum absolute atomic E-state index is 11.0. The average Bonchev–Trinajstić information content (AvgIpc) is 2.85. The molecule has 0 atom stereocenters. The van der Waals surface area contributed by atoms with Crippen molar-refractivity contribution in [3.8, 4) is 0 Å². The molecule has 2 heterocycles. The van der Waals surface area contributed by atoms with E-state index in [2.05, 4.69) is 16.4 Å². The van der Waals surface area contributed by atoms with Gasteiger partial charge in [0.05, 0.1) is 5.56 Å². The first-order valence-electron chi connectivity index (χ1n) is 6.08. The fourth-order valence-corrected chi connectivity index (χ4v) is 2.82. The molecule has 0 aliphatic rings. The predicted molar refractivity (Wildman–Crippen MR) is 81.0 cm³/mol. The molecule has 0 unspecified atom stereocenters. The Labute approximate surface area is 119 Å². The molecule has 0 fully saturated rings. The summed E-state index contributed by atoms with van der Waals surface area (Å²) in [7, 11) is 0. The number of aryl methyl sites for hydroxylation is 1. The first kappa shape index (κ1) is 12.6. The minimum absolute atomic E-state index is 0.233. The van der Waals surface area contributed by atoms with Crippen molar-refractivity contribution in [3.63, 3.8) is 0 Å². The van der Waals surface area contributed by atoms with E-state index in [1.807, 2.05) is 23.6 Å². The molecule has 0 aliphatic heterocycles. The van der Waals surface area contributed by atoms with Crippen molar-refractivity contribution in [1.29, 1.82) is 0 Å². The molecule has 0 amide bonds. The molecule has 0 aliphatic carbocycles. The zero-order valence-corrected chi connectivity index (χ0v) is 11.6. The maximum Gasteiger partial charge on any atom is 0.335 e. The van der Waals surface area contributed by atoms with Crippen LogP contribution in [0.3, 0.4) is 0 Å². The van der Waals surface area contributed by atoms with Gasteiger partial charge in [0.1, 0.15) is 5.82 Å². The van der Waals surface area contributed by atoms with Crippen molar-refractivity contribution in [2.75, 3.05) is 5.32 Å². The van der Waals surface area contributed by atoms with Gasteiger partial charge in [-0.1, -0.05) is 0 Å². The van der Waals surface area contributed by atoms with E-state index in [1.54, 1.807) is 24.3 Å². The van der Waals surface area contributed by atoms with Gasteiger partial charge in [-0.2, -0.15) is 0 Å². The third-order valence-electron chi connectivity index (χ3n) is 2.93. The Morgan fingerprint density at radius 3 is 2.90 bits per heavy atom. The Balaban J connectivity index is 1.95. The van der Waals surface area contributed by atoms with Gasteiger partial charge < -0.3 is 10.4 Å². The van der Waals surface area contributed by atoms with Gasteiger partial charge in [0.2, 0.25) is 0 Å². The number of thiophene rings is 1. The lowest BCUT2D eigenvalue weighted by atomic mass is 10.2. The highest BCUT2D eigenvalue weighted by Gasteiger charge is 2.07. The van der Waals surface area contributed by atoms with Crippen LogP contribution in [0.2, 0.25) is 0 Å². The fourth-order valence-electron chi connectivity index (χ4n) is 2.05. The molecule has 0 saturated heterocycles. The van der Waals surface area contributed by atoms with E-state index >= 15 is 0 Å². The molecule has 20 heavy (non-hydrogen) atoms. The number of aromatic carboxylic acids is 1. The Bertz CT molecular complexity index is 795. The van der Waals surface area contributed by atoms with Crippen molar-refractivity contribution in [2.45, 2.75) is 6.92 Å². The lowest BCUT2D eigenvalue weighted by molar-refractivity contribution is 0.0696. The molecule has 0 bridgehead atoms. The first-order chi connectivity index (χ1) is 9.61. The normalized spacial score (nSPS) is 10.7. The topological polar surface area (TPSA) is 62.2 Å². The molecule has 4 nitrogen and oxygen atoms in total. The van der Waals surface area contributed by atoms with Crippen LogP contribution in [-0.4, -0.2) is 16.1 Å². The molecule has 5 heteroatoms. The van der Waals surface area contributed by atoms with E-state index in [1.165, 1.54) is 10.8 Å². The number of anilines is 2. The third-order valence-corrected chi connectivity index (χ3v) is 3.82. The molecular formula is C15H12N2O2S. The Morgan fingerprint density at radius 2 is 2.10 bits per heavy atom. The minimum Gasteiger partial charge on any atom is -0.478 e. The Morgan fingerprint density at radius 1 is 1.25 bits per heavy atom. The summed E-state index contributed by atoms with van der Waals surface area (Å²) in [6.45, 7) is 1.78. The van der Waals surface area contributed by atoms with E-state index < -0.39 is 5.97 Å². The zero-order chi connectivity index (χ0) is 14.1. The van der Waals surface area contributed by atoms with Gasteiger partial charge in [0.15, 0.2) is 0 Å². The van der Waals surface area contributed by atoms with Gasteiger partial charge in [0.25, 0.3) is 0 Å². The molecule has 2 aromatic heterocycles. The summed E-state index contributed by atoms with van der Waals surface area (Å²) in [6, 6.07) is 11.2. The summed E-state index contributed by atoms with van der Waals surface area (Å²) in [5.41, 5.74) is 1.80. The van der Waals surface area contributed by atoms with Crippen LogP contribution in [0.5, 0.6) is 0 Å². The van der Waals surface area contributed by atoms with E-state index in [4.69, 9.17) is 5.11 Å². The van der Waals surface area contributed by atoms with E-state index in [-0.39, 0.29) is 5.56 Å². The van der Waals surface area contributed by atoms with E-state index in [0.29, 0.717) is 11.5 Å². The van der Waals surface area contributed by atoms with Crippen LogP contribution in [0.25, 0.3) is 10.1 Å². The van der Waals surface area contributed by atoms with Gasteiger partial charge in [-0.15, -0.1) is 11.3 Å². The standard InChI is InChI=1S/C15H12N2O2S/c1-9-6-11(15(18)19)8-14(16-9)17-12-2-3-13-10(7-12)4-5-20-13/h2-8H,1H3,(H,16,17)(H,18,19). The summed E-state index contributed by atoms with van der Waals surface area (Å²) in [6.07, 6.45) is 0. The highest BCUT2D eigenvalue weighted by atomic mass is 32.1. The van der Waals surface area contributed by atoms with Crippen LogP contribution in [0, 0.1) is 6.92 Å². The molecular weight excluding hydrogens is 272 g/mol. The van der Waals surface area contributed by atoms with Crippen molar-refractivity contribution in [2.24, 2.45) is 0 Å². The molecule has 3 aromatic rings. The van der Waals surface area contributed by atoms with Crippen LogP contribution < -0.4 is 5.32 Å². The van der Waals surface area contributed by atoms with Crippen molar-refractivity contribution in [1.82, 2.24) is 4.98 Å². The van der Waals surface area contributed by atoms with Gasteiger partial charge >= 0.3 is 5.97 Å². The number of nitrogens with one attached hydrogen (secondary N) is 1.